The number of halogens is 1. The van der Waals surface area contributed by atoms with Gasteiger partial charge in [-0.1, -0.05) is 32.1 Å². The van der Waals surface area contributed by atoms with Gasteiger partial charge in [-0.3, -0.25) is 0 Å². The topological polar surface area (TPSA) is 29.3 Å². The van der Waals surface area contributed by atoms with Crippen LogP contribution in [0, 0.1) is 17.7 Å². The molecule has 17 heavy (non-hydrogen) atoms. The molecule has 2 atom stereocenters. The fourth-order valence-corrected chi connectivity index (χ4v) is 2.55. The van der Waals surface area contributed by atoms with Crippen molar-refractivity contribution in [2.24, 2.45) is 17.6 Å². The van der Waals surface area contributed by atoms with Crippen LogP contribution in [0.3, 0.4) is 0 Å². The molecule has 0 aromatic heterocycles. The monoisotopic (exact) mass is 252 g/mol. The SMILES string of the molecule is CC1CN(c2cccc(F)c2C(N)=S)CC1C. The van der Waals surface area contributed by atoms with Crippen LogP contribution in [-0.2, 0) is 0 Å². The zero-order valence-corrected chi connectivity index (χ0v) is 10.9. The average Bonchev–Trinajstić information content (AvgIpc) is 2.58. The van der Waals surface area contributed by atoms with Crippen molar-refractivity contribution < 1.29 is 4.39 Å². The molecule has 0 amide bonds. The first-order valence-corrected chi connectivity index (χ1v) is 6.24. The van der Waals surface area contributed by atoms with E-state index in [4.69, 9.17) is 18.0 Å². The smallest absolute Gasteiger partial charge is 0.135 e. The Morgan fingerprint density at radius 1 is 1.35 bits per heavy atom. The van der Waals surface area contributed by atoms with Crippen molar-refractivity contribution in [1.82, 2.24) is 0 Å². The third kappa shape index (κ3) is 2.27. The highest BCUT2D eigenvalue weighted by Crippen LogP contribution is 2.31. The molecule has 0 radical (unpaired) electrons. The van der Waals surface area contributed by atoms with Crippen molar-refractivity contribution >= 4 is 22.9 Å². The summed E-state index contributed by atoms with van der Waals surface area (Å²) in [6, 6.07) is 5.00. The van der Waals surface area contributed by atoms with Crippen LogP contribution in [0.1, 0.15) is 19.4 Å². The molecule has 92 valence electrons. The highest BCUT2D eigenvalue weighted by Gasteiger charge is 2.28. The predicted octanol–water partition coefficient (Wildman–Crippen LogP) is 2.55. The second-order valence-electron chi connectivity index (χ2n) is 4.86. The van der Waals surface area contributed by atoms with Crippen molar-refractivity contribution in [2.75, 3.05) is 18.0 Å². The van der Waals surface area contributed by atoms with E-state index in [2.05, 4.69) is 18.7 Å². The van der Waals surface area contributed by atoms with E-state index in [1.54, 1.807) is 6.07 Å². The van der Waals surface area contributed by atoms with Crippen molar-refractivity contribution in [3.8, 4) is 0 Å². The standard InChI is InChI=1S/C13H17FN2S/c1-8-6-16(7-9(8)2)11-5-3-4-10(14)12(11)13(15)17/h3-5,8-9H,6-7H2,1-2H3,(H2,15,17). The molecule has 1 aromatic rings. The second-order valence-corrected chi connectivity index (χ2v) is 5.30. The molecule has 1 aromatic carbocycles. The van der Waals surface area contributed by atoms with Crippen LogP contribution in [0.5, 0.6) is 0 Å². The van der Waals surface area contributed by atoms with Crippen molar-refractivity contribution in [2.45, 2.75) is 13.8 Å². The van der Waals surface area contributed by atoms with Crippen LogP contribution in [0.2, 0.25) is 0 Å². The second kappa shape index (κ2) is 4.61. The highest BCUT2D eigenvalue weighted by molar-refractivity contribution is 7.80. The molecular formula is C13H17FN2S. The average molecular weight is 252 g/mol. The van der Waals surface area contributed by atoms with Gasteiger partial charge in [-0.25, -0.2) is 4.39 Å². The minimum absolute atomic E-state index is 0.130. The number of thiocarbonyl (C=S) groups is 1. The molecule has 0 bridgehead atoms. The first kappa shape index (κ1) is 12.3. The van der Waals surface area contributed by atoms with Crippen LogP contribution in [-0.4, -0.2) is 18.1 Å². The maximum Gasteiger partial charge on any atom is 0.135 e. The van der Waals surface area contributed by atoms with Gasteiger partial charge in [0.1, 0.15) is 10.8 Å². The molecular weight excluding hydrogens is 235 g/mol. The van der Waals surface area contributed by atoms with E-state index in [0.717, 1.165) is 18.8 Å². The van der Waals surface area contributed by atoms with Crippen LogP contribution < -0.4 is 10.6 Å². The summed E-state index contributed by atoms with van der Waals surface area (Å²) < 4.78 is 13.8. The molecule has 1 heterocycles. The van der Waals surface area contributed by atoms with Gasteiger partial charge in [-0.15, -0.1) is 0 Å². The van der Waals surface area contributed by atoms with Gasteiger partial charge in [0.2, 0.25) is 0 Å². The molecule has 4 heteroatoms. The van der Waals surface area contributed by atoms with Gasteiger partial charge in [0.05, 0.1) is 5.56 Å². The lowest BCUT2D eigenvalue weighted by atomic mass is 10.0. The fourth-order valence-electron chi connectivity index (χ4n) is 2.35. The van der Waals surface area contributed by atoms with E-state index in [9.17, 15) is 4.39 Å². The number of hydrogen-bond donors (Lipinski definition) is 1. The van der Waals surface area contributed by atoms with E-state index >= 15 is 0 Å². The summed E-state index contributed by atoms with van der Waals surface area (Å²) >= 11 is 4.94. The normalized spacial score (nSPS) is 24.1. The van der Waals surface area contributed by atoms with Gasteiger partial charge in [0.15, 0.2) is 0 Å². The third-order valence-corrected chi connectivity index (χ3v) is 3.77. The first-order chi connectivity index (χ1) is 8.00. The fraction of sp³-hybridized carbons (Fsp3) is 0.462. The zero-order chi connectivity index (χ0) is 12.6. The largest absolute Gasteiger partial charge is 0.389 e. The summed E-state index contributed by atoms with van der Waals surface area (Å²) in [7, 11) is 0. The molecule has 0 saturated carbocycles. The summed E-state index contributed by atoms with van der Waals surface area (Å²) in [6.07, 6.45) is 0. The molecule has 1 aliphatic rings. The van der Waals surface area contributed by atoms with Gasteiger partial charge in [-0.2, -0.15) is 0 Å². The maximum absolute atomic E-state index is 13.8. The first-order valence-electron chi connectivity index (χ1n) is 5.84. The van der Waals surface area contributed by atoms with E-state index in [1.807, 2.05) is 6.07 Å². The van der Waals surface area contributed by atoms with Crippen molar-refractivity contribution in [1.29, 1.82) is 0 Å². The summed E-state index contributed by atoms with van der Waals surface area (Å²) in [5, 5.41) is 0. The highest BCUT2D eigenvalue weighted by atomic mass is 32.1. The lowest BCUT2D eigenvalue weighted by Crippen LogP contribution is -2.24. The predicted molar refractivity (Wildman–Crippen MR) is 72.8 cm³/mol. The molecule has 2 unspecified atom stereocenters. The molecule has 1 aliphatic heterocycles. The Kier molecular flexibility index (Phi) is 3.33. The van der Waals surface area contributed by atoms with Crippen LogP contribution in [0.25, 0.3) is 0 Å². The Morgan fingerprint density at radius 3 is 2.47 bits per heavy atom. The minimum Gasteiger partial charge on any atom is -0.389 e. The number of benzene rings is 1. The Bertz CT molecular complexity index is 437. The lowest BCUT2D eigenvalue weighted by Gasteiger charge is -2.21. The van der Waals surface area contributed by atoms with E-state index in [-0.39, 0.29) is 10.8 Å². The van der Waals surface area contributed by atoms with Crippen LogP contribution in [0.4, 0.5) is 10.1 Å². The maximum atomic E-state index is 13.8. The molecule has 1 fully saturated rings. The summed E-state index contributed by atoms with van der Waals surface area (Å²) in [4.78, 5) is 2.30. The van der Waals surface area contributed by atoms with E-state index in [0.29, 0.717) is 17.4 Å². The summed E-state index contributed by atoms with van der Waals surface area (Å²) in [6.45, 7) is 6.29. The van der Waals surface area contributed by atoms with E-state index in [1.165, 1.54) is 6.07 Å². The number of nitrogens with zero attached hydrogens (tertiary/aromatic N) is 1. The third-order valence-electron chi connectivity index (χ3n) is 3.57. The van der Waals surface area contributed by atoms with Gasteiger partial charge in [0, 0.05) is 18.8 Å². The summed E-state index contributed by atoms with van der Waals surface area (Å²) in [5.41, 5.74) is 6.82. The molecule has 2 rings (SSSR count). The van der Waals surface area contributed by atoms with Gasteiger partial charge >= 0.3 is 0 Å². The van der Waals surface area contributed by atoms with Crippen LogP contribution >= 0.6 is 12.2 Å². The lowest BCUT2D eigenvalue weighted by molar-refractivity contribution is 0.494. The van der Waals surface area contributed by atoms with Gasteiger partial charge in [0.25, 0.3) is 0 Å². The molecule has 1 saturated heterocycles. The van der Waals surface area contributed by atoms with E-state index < -0.39 is 0 Å². The zero-order valence-electron chi connectivity index (χ0n) is 10.1. The molecule has 0 spiro atoms. The Morgan fingerprint density at radius 2 is 1.94 bits per heavy atom. The Balaban J connectivity index is 2.39. The molecule has 0 aliphatic carbocycles. The van der Waals surface area contributed by atoms with Crippen molar-refractivity contribution in [3.05, 3.63) is 29.6 Å². The van der Waals surface area contributed by atoms with Crippen LogP contribution in [0.15, 0.2) is 18.2 Å². The minimum atomic E-state index is -0.331. The summed E-state index contributed by atoms with van der Waals surface area (Å²) in [5.74, 6) is 0.886. The Hall–Kier alpha value is -1.16. The number of rotatable bonds is 2. The number of nitrogens with two attached hydrogens (primary N) is 1. The Labute approximate surface area is 107 Å². The van der Waals surface area contributed by atoms with Crippen molar-refractivity contribution in [3.63, 3.8) is 0 Å². The molecule has 2 N–H and O–H groups in total. The number of anilines is 1. The van der Waals surface area contributed by atoms with Gasteiger partial charge in [-0.05, 0) is 24.0 Å². The molecule has 2 nitrogen and oxygen atoms in total. The quantitative estimate of drug-likeness (QED) is 0.820. The number of hydrogen-bond acceptors (Lipinski definition) is 2. The van der Waals surface area contributed by atoms with Gasteiger partial charge < -0.3 is 10.6 Å².